The summed E-state index contributed by atoms with van der Waals surface area (Å²) in [7, 11) is 3.39. The number of methoxy groups -OCH3 is 2. The van der Waals surface area contributed by atoms with E-state index in [0.717, 1.165) is 32.8 Å². The van der Waals surface area contributed by atoms with E-state index < -0.39 is 0 Å². The van der Waals surface area contributed by atoms with E-state index in [1.807, 2.05) is 20.8 Å². The number of ether oxygens (including phenoxy) is 3. The third-order valence-electron chi connectivity index (χ3n) is 1.11. The van der Waals surface area contributed by atoms with Gasteiger partial charge in [-0.25, -0.2) is 0 Å². The highest BCUT2D eigenvalue weighted by Crippen LogP contribution is 1.70. The highest BCUT2D eigenvalue weighted by molar-refractivity contribution is 4.15. The molecule has 0 fully saturated rings. The van der Waals surface area contributed by atoms with E-state index >= 15 is 0 Å². The van der Waals surface area contributed by atoms with Crippen LogP contribution in [0.3, 0.4) is 0 Å². The Hall–Kier alpha value is -0.120. The molecule has 0 aliphatic rings. The summed E-state index contributed by atoms with van der Waals surface area (Å²) in [6, 6.07) is 0. The van der Waals surface area contributed by atoms with Crippen molar-refractivity contribution in [2.75, 3.05) is 40.6 Å². The highest BCUT2D eigenvalue weighted by atomic mass is 16.5. The van der Waals surface area contributed by atoms with Gasteiger partial charge in [0.25, 0.3) is 0 Å². The molecule has 0 aliphatic heterocycles. The first-order chi connectivity index (χ1) is 6.74. The molecule has 0 radical (unpaired) electrons. The van der Waals surface area contributed by atoms with Gasteiger partial charge in [-0.05, 0) is 27.2 Å². The minimum atomic E-state index is 0.819. The van der Waals surface area contributed by atoms with Crippen LogP contribution >= 0.6 is 0 Å². The standard InChI is InChI=1S/2C4H10O.C3H8O/c1-3-4-5-2;1-3-5-4-2;1-3-4-2/h2*3-4H2,1-2H3;3H2,1-2H3. The number of hydrogen-bond donors (Lipinski definition) is 0. The van der Waals surface area contributed by atoms with Crippen LogP contribution in [0.25, 0.3) is 0 Å². The van der Waals surface area contributed by atoms with Crippen molar-refractivity contribution in [3.63, 3.8) is 0 Å². The van der Waals surface area contributed by atoms with Gasteiger partial charge >= 0.3 is 0 Å². The van der Waals surface area contributed by atoms with Crippen LogP contribution in [0.5, 0.6) is 0 Å². The Morgan fingerprint density at radius 2 is 1.14 bits per heavy atom. The van der Waals surface area contributed by atoms with Crippen molar-refractivity contribution in [2.45, 2.75) is 34.1 Å². The van der Waals surface area contributed by atoms with Gasteiger partial charge in [0.05, 0.1) is 0 Å². The van der Waals surface area contributed by atoms with E-state index in [-0.39, 0.29) is 0 Å². The molecule has 90 valence electrons. The highest BCUT2D eigenvalue weighted by Gasteiger charge is 1.66. The Kier molecular flexibility index (Phi) is 40.7. The van der Waals surface area contributed by atoms with Crippen molar-refractivity contribution in [3.8, 4) is 0 Å². The average molecular weight is 208 g/mol. The van der Waals surface area contributed by atoms with E-state index in [4.69, 9.17) is 9.47 Å². The number of rotatable bonds is 5. The normalized spacial score (nSPS) is 8.14. The summed E-state index contributed by atoms with van der Waals surface area (Å²) in [5, 5.41) is 0. The molecule has 3 heteroatoms. The van der Waals surface area contributed by atoms with Crippen LogP contribution in [0.1, 0.15) is 34.1 Å². The van der Waals surface area contributed by atoms with Gasteiger partial charge in [-0.2, -0.15) is 0 Å². The van der Waals surface area contributed by atoms with Crippen molar-refractivity contribution in [1.82, 2.24) is 0 Å². The lowest BCUT2D eigenvalue weighted by molar-refractivity contribution is 0.162. The second kappa shape index (κ2) is 29.3. The molecule has 0 bridgehead atoms. The molecule has 3 nitrogen and oxygen atoms in total. The first kappa shape index (κ1) is 19.5. The molecule has 0 saturated carbocycles. The zero-order chi connectivity index (χ0) is 11.7. The van der Waals surface area contributed by atoms with Crippen molar-refractivity contribution in [2.24, 2.45) is 0 Å². The third-order valence-corrected chi connectivity index (χ3v) is 1.11. The Labute approximate surface area is 89.7 Å². The van der Waals surface area contributed by atoms with Crippen LogP contribution in [0, 0.1) is 0 Å². The maximum Gasteiger partial charge on any atom is 0.0459 e. The average Bonchev–Trinajstić information content (AvgIpc) is 2.22. The van der Waals surface area contributed by atoms with Gasteiger partial charge in [-0.1, -0.05) is 6.92 Å². The Bertz CT molecular complexity index is 46.5. The summed E-state index contributed by atoms with van der Waals surface area (Å²) < 4.78 is 14.1. The predicted molar refractivity (Wildman–Crippen MR) is 61.9 cm³/mol. The lowest BCUT2D eigenvalue weighted by Crippen LogP contribution is -1.84. The summed E-state index contributed by atoms with van der Waals surface area (Å²) in [5.41, 5.74) is 0. The van der Waals surface area contributed by atoms with Gasteiger partial charge < -0.3 is 14.2 Å². The molecule has 0 aromatic rings. The van der Waals surface area contributed by atoms with Crippen LogP contribution in [-0.2, 0) is 14.2 Å². The fourth-order valence-electron chi connectivity index (χ4n) is 0.408. The molecule has 0 heterocycles. The first-order valence-corrected chi connectivity index (χ1v) is 5.30. The van der Waals surface area contributed by atoms with Crippen molar-refractivity contribution < 1.29 is 14.2 Å². The largest absolute Gasteiger partial charge is 0.385 e. The molecule has 14 heavy (non-hydrogen) atoms. The van der Waals surface area contributed by atoms with Crippen LogP contribution in [0.15, 0.2) is 0 Å². The maximum atomic E-state index is 4.83. The van der Waals surface area contributed by atoms with Crippen LogP contribution in [0.4, 0.5) is 0 Å². The minimum Gasteiger partial charge on any atom is -0.385 e. The summed E-state index contributed by atoms with van der Waals surface area (Å²) in [6.07, 6.45) is 1.12. The predicted octanol–water partition coefficient (Wildman–Crippen LogP) is 2.74. The Morgan fingerprint density at radius 1 is 0.714 bits per heavy atom. The van der Waals surface area contributed by atoms with E-state index in [2.05, 4.69) is 11.7 Å². The Morgan fingerprint density at radius 3 is 1.14 bits per heavy atom. The molecular weight excluding hydrogens is 180 g/mol. The molecule has 0 aromatic heterocycles. The van der Waals surface area contributed by atoms with Crippen LogP contribution < -0.4 is 0 Å². The quantitative estimate of drug-likeness (QED) is 0.695. The van der Waals surface area contributed by atoms with E-state index in [9.17, 15) is 0 Å². The third kappa shape index (κ3) is 59.1. The van der Waals surface area contributed by atoms with E-state index in [1.54, 1.807) is 14.2 Å². The summed E-state index contributed by atoms with van der Waals surface area (Å²) in [5.74, 6) is 0. The summed E-state index contributed by atoms with van der Waals surface area (Å²) in [6.45, 7) is 11.4. The molecule has 0 amide bonds. The molecule has 0 atom stereocenters. The molecular formula is C11H28O3. The molecule has 0 saturated heterocycles. The van der Waals surface area contributed by atoms with Crippen molar-refractivity contribution in [3.05, 3.63) is 0 Å². The first-order valence-electron chi connectivity index (χ1n) is 5.30. The molecule has 0 spiro atoms. The van der Waals surface area contributed by atoms with Gasteiger partial charge in [-0.15, -0.1) is 0 Å². The van der Waals surface area contributed by atoms with Crippen molar-refractivity contribution in [1.29, 1.82) is 0 Å². The van der Waals surface area contributed by atoms with Crippen LogP contribution in [0.2, 0.25) is 0 Å². The second-order valence-corrected chi connectivity index (χ2v) is 2.35. The fraction of sp³-hybridized carbons (Fsp3) is 1.00. The lowest BCUT2D eigenvalue weighted by atomic mass is 10.5. The minimum absolute atomic E-state index is 0.819. The summed E-state index contributed by atoms with van der Waals surface area (Å²) >= 11 is 0. The number of hydrogen-bond acceptors (Lipinski definition) is 3. The van der Waals surface area contributed by atoms with Gasteiger partial charge in [0, 0.05) is 40.6 Å². The van der Waals surface area contributed by atoms with E-state index in [1.165, 1.54) is 0 Å². The summed E-state index contributed by atoms with van der Waals surface area (Å²) in [4.78, 5) is 0. The zero-order valence-electron chi connectivity index (χ0n) is 10.8. The Balaban J connectivity index is -0.000000131. The van der Waals surface area contributed by atoms with Gasteiger partial charge in [0.15, 0.2) is 0 Å². The smallest absolute Gasteiger partial charge is 0.0459 e. The fourth-order valence-corrected chi connectivity index (χ4v) is 0.408. The van der Waals surface area contributed by atoms with Crippen LogP contribution in [-0.4, -0.2) is 40.6 Å². The molecule has 0 unspecified atom stereocenters. The van der Waals surface area contributed by atoms with Gasteiger partial charge in [0.2, 0.25) is 0 Å². The topological polar surface area (TPSA) is 27.7 Å². The molecule has 0 N–H and O–H groups in total. The van der Waals surface area contributed by atoms with E-state index in [0.29, 0.717) is 0 Å². The maximum absolute atomic E-state index is 4.83. The molecule has 0 aromatic carbocycles. The second-order valence-electron chi connectivity index (χ2n) is 2.35. The van der Waals surface area contributed by atoms with Crippen molar-refractivity contribution >= 4 is 0 Å². The monoisotopic (exact) mass is 208 g/mol. The van der Waals surface area contributed by atoms with Gasteiger partial charge in [0.1, 0.15) is 0 Å². The SMILES string of the molecule is CCCOC.CCOC.CCOCC. The molecule has 0 aliphatic carbocycles. The van der Waals surface area contributed by atoms with Gasteiger partial charge in [-0.3, -0.25) is 0 Å². The zero-order valence-corrected chi connectivity index (χ0v) is 10.8. The molecule has 0 rings (SSSR count). The lowest BCUT2D eigenvalue weighted by Gasteiger charge is -1.86.